The Bertz CT molecular complexity index is 851. The molecule has 0 saturated carbocycles. The SMILES string of the molecule is O=C(NCc1nc(-c2ccccc2Cl)no1)c1ccccc1I. The van der Waals surface area contributed by atoms with Crippen LogP contribution in [-0.2, 0) is 6.54 Å². The number of rotatable bonds is 4. The third kappa shape index (κ3) is 3.70. The summed E-state index contributed by atoms with van der Waals surface area (Å²) in [6, 6.07) is 14.6. The first kappa shape index (κ1) is 15.9. The molecule has 23 heavy (non-hydrogen) atoms. The summed E-state index contributed by atoms with van der Waals surface area (Å²) >= 11 is 8.22. The average molecular weight is 440 g/mol. The van der Waals surface area contributed by atoms with Crippen LogP contribution in [0.2, 0.25) is 5.02 Å². The Morgan fingerprint density at radius 2 is 1.91 bits per heavy atom. The molecule has 5 nitrogen and oxygen atoms in total. The topological polar surface area (TPSA) is 68.0 Å². The minimum Gasteiger partial charge on any atom is -0.343 e. The number of nitrogens with one attached hydrogen (secondary N) is 1. The number of aromatic nitrogens is 2. The molecule has 1 aromatic heterocycles. The number of halogens is 2. The van der Waals surface area contributed by atoms with Crippen molar-refractivity contribution >= 4 is 40.1 Å². The zero-order valence-corrected chi connectivity index (χ0v) is 14.7. The van der Waals surface area contributed by atoms with Gasteiger partial charge in [0.1, 0.15) is 0 Å². The van der Waals surface area contributed by atoms with Crippen molar-refractivity contribution in [2.24, 2.45) is 0 Å². The molecule has 0 spiro atoms. The fraction of sp³-hybridized carbons (Fsp3) is 0.0625. The third-order valence-electron chi connectivity index (χ3n) is 3.10. The zero-order chi connectivity index (χ0) is 16.2. The predicted octanol–water partition coefficient (Wildman–Crippen LogP) is 3.92. The lowest BCUT2D eigenvalue weighted by atomic mass is 10.2. The van der Waals surface area contributed by atoms with Gasteiger partial charge in [-0.05, 0) is 46.9 Å². The van der Waals surface area contributed by atoms with Crippen molar-refractivity contribution in [2.75, 3.05) is 0 Å². The second-order valence-corrected chi connectivity index (χ2v) is 6.22. The predicted molar refractivity (Wildman–Crippen MR) is 95.1 cm³/mol. The number of hydrogen-bond donors (Lipinski definition) is 1. The van der Waals surface area contributed by atoms with E-state index in [1.807, 2.05) is 36.4 Å². The number of benzene rings is 2. The first-order valence-electron chi connectivity index (χ1n) is 6.75. The second kappa shape index (κ2) is 7.10. The summed E-state index contributed by atoms with van der Waals surface area (Å²) in [7, 11) is 0. The van der Waals surface area contributed by atoms with Crippen LogP contribution in [0, 0.1) is 3.57 Å². The van der Waals surface area contributed by atoms with E-state index in [9.17, 15) is 4.79 Å². The Kier molecular flexibility index (Phi) is 4.92. The number of carbonyl (C=O) groups excluding carboxylic acids is 1. The van der Waals surface area contributed by atoms with E-state index in [2.05, 4.69) is 38.0 Å². The van der Waals surface area contributed by atoms with Gasteiger partial charge in [-0.15, -0.1) is 0 Å². The summed E-state index contributed by atoms with van der Waals surface area (Å²) in [5.41, 5.74) is 1.30. The van der Waals surface area contributed by atoms with Crippen LogP contribution < -0.4 is 5.32 Å². The lowest BCUT2D eigenvalue weighted by Gasteiger charge is -2.04. The molecule has 0 unspecified atom stereocenters. The molecular weight excluding hydrogens is 429 g/mol. The van der Waals surface area contributed by atoms with E-state index >= 15 is 0 Å². The van der Waals surface area contributed by atoms with Gasteiger partial charge in [-0.1, -0.05) is 41.0 Å². The maximum Gasteiger partial charge on any atom is 0.252 e. The first-order chi connectivity index (χ1) is 11.1. The van der Waals surface area contributed by atoms with E-state index < -0.39 is 0 Å². The molecule has 1 heterocycles. The molecule has 0 aliphatic rings. The minimum atomic E-state index is -0.188. The molecule has 1 amide bonds. The molecule has 7 heteroatoms. The van der Waals surface area contributed by atoms with Gasteiger partial charge in [-0.25, -0.2) is 0 Å². The largest absolute Gasteiger partial charge is 0.343 e. The van der Waals surface area contributed by atoms with Crippen LogP contribution in [0.5, 0.6) is 0 Å². The summed E-state index contributed by atoms with van der Waals surface area (Å²) in [5, 5.41) is 7.20. The lowest BCUT2D eigenvalue weighted by molar-refractivity contribution is 0.0945. The monoisotopic (exact) mass is 439 g/mol. The van der Waals surface area contributed by atoms with Gasteiger partial charge in [0.15, 0.2) is 0 Å². The van der Waals surface area contributed by atoms with E-state index in [1.165, 1.54) is 0 Å². The second-order valence-electron chi connectivity index (χ2n) is 4.65. The van der Waals surface area contributed by atoms with Crippen molar-refractivity contribution < 1.29 is 9.32 Å². The van der Waals surface area contributed by atoms with Gasteiger partial charge in [0.25, 0.3) is 5.91 Å². The first-order valence-corrected chi connectivity index (χ1v) is 8.21. The Morgan fingerprint density at radius 1 is 1.17 bits per heavy atom. The highest BCUT2D eigenvalue weighted by Crippen LogP contribution is 2.24. The molecule has 0 fully saturated rings. The van der Waals surface area contributed by atoms with Crippen LogP contribution in [0.25, 0.3) is 11.4 Å². The van der Waals surface area contributed by atoms with Gasteiger partial charge in [0, 0.05) is 9.13 Å². The highest BCUT2D eigenvalue weighted by molar-refractivity contribution is 14.1. The van der Waals surface area contributed by atoms with E-state index in [1.54, 1.807) is 12.1 Å². The third-order valence-corrected chi connectivity index (χ3v) is 4.37. The Hall–Kier alpha value is -1.93. The standard InChI is InChI=1S/C16H11ClIN3O2/c17-12-7-3-1-5-10(12)15-20-14(23-21-15)9-19-16(22)11-6-2-4-8-13(11)18/h1-8H,9H2,(H,19,22). The van der Waals surface area contributed by atoms with Crippen LogP contribution in [0.1, 0.15) is 16.2 Å². The zero-order valence-electron chi connectivity index (χ0n) is 11.8. The van der Waals surface area contributed by atoms with Crippen molar-refractivity contribution in [3.8, 4) is 11.4 Å². The molecule has 0 radical (unpaired) electrons. The normalized spacial score (nSPS) is 10.5. The molecule has 0 saturated heterocycles. The van der Waals surface area contributed by atoms with E-state index in [0.717, 1.165) is 3.57 Å². The van der Waals surface area contributed by atoms with Crippen LogP contribution in [0.3, 0.4) is 0 Å². The van der Waals surface area contributed by atoms with Gasteiger partial charge >= 0.3 is 0 Å². The molecular formula is C16H11ClIN3O2. The maximum atomic E-state index is 12.1. The average Bonchev–Trinajstić information content (AvgIpc) is 3.02. The number of nitrogens with zero attached hydrogens (tertiary/aromatic N) is 2. The molecule has 0 bridgehead atoms. The van der Waals surface area contributed by atoms with E-state index in [4.69, 9.17) is 16.1 Å². The van der Waals surface area contributed by atoms with Crippen molar-refractivity contribution in [1.29, 1.82) is 0 Å². The number of carbonyl (C=O) groups is 1. The van der Waals surface area contributed by atoms with Crippen molar-refractivity contribution in [3.05, 3.63) is 68.6 Å². The van der Waals surface area contributed by atoms with Crippen LogP contribution >= 0.6 is 34.2 Å². The Balaban J connectivity index is 1.70. The van der Waals surface area contributed by atoms with Gasteiger partial charge in [0.05, 0.1) is 17.1 Å². The quantitative estimate of drug-likeness (QED) is 0.626. The fourth-order valence-corrected chi connectivity index (χ4v) is 2.83. The molecule has 2 aromatic carbocycles. The summed E-state index contributed by atoms with van der Waals surface area (Å²) in [6.45, 7) is 0.154. The van der Waals surface area contributed by atoms with E-state index in [-0.39, 0.29) is 12.5 Å². The molecule has 0 atom stereocenters. The van der Waals surface area contributed by atoms with E-state index in [0.29, 0.717) is 27.9 Å². The molecule has 1 N–H and O–H groups in total. The summed E-state index contributed by atoms with van der Waals surface area (Å²) in [6.07, 6.45) is 0. The van der Waals surface area contributed by atoms with Gasteiger partial charge in [0.2, 0.25) is 11.7 Å². The molecule has 0 aliphatic carbocycles. The summed E-state index contributed by atoms with van der Waals surface area (Å²) < 4.78 is 6.03. The van der Waals surface area contributed by atoms with Crippen molar-refractivity contribution in [2.45, 2.75) is 6.54 Å². The van der Waals surface area contributed by atoms with Gasteiger partial charge in [-0.3, -0.25) is 4.79 Å². The van der Waals surface area contributed by atoms with Gasteiger partial charge in [-0.2, -0.15) is 4.98 Å². The summed E-state index contributed by atoms with van der Waals surface area (Å²) in [4.78, 5) is 16.4. The van der Waals surface area contributed by atoms with Crippen molar-refractivity contribution in [3.63, 3.8) is 0 Å². The number of hydrogen-bond acceptors (Lipinski definition) is 4. The fourth-order valence-electron chi connectivity index (χ4n) is 1.98. The molecule has 3 rings (SSSR count). The highest BCUT2D eigenvalue weighted by atomic mass is 127. The van der Waals surface area contributed by atoms with Gasteiger partial charge < -0.3 is 9.84 Å². The highest BCUT2D eigenvalue weighted by Gasteiger charge is 2.13. The van der Waals surface area contributed by atoms with Crippen LogP contribution in [0.4, 0.5) is 0 Å². The molecule has 116 valence electrons. The maximum absolute atomic E-state index is 12.1. The van der Waals surface area contributed by atoms with Crippen molar-refractivity contribution in [1.82, 2.24) is 15.5 Å². The van der Waals surface area contributed by atoms with Crippen LogP contribution in [-0.4, -0.2) is 16.0 Å². The lowest BCUT2D eigenvalue weighted by Crippen LogP contribution is -2.23. The number of amides is 1. The Labute approximate surface area is 151 Å². The smallest absolute Gasteiger partial charge is 0.252 e. The van der Waals surface area contributed by atoms with Crippen LogP contribution in [0.15, 0.2) is 53.1 Å². The minimum absolute atomic E-state index is 0.154. The molecule has 3 aromatic rings. The Morgan fingerprint density at radius 3 is 2.70 bits per heavy atom. The summed E-state index contributed by atoms with van der Waals surface area (Å²) in [5.74, 6) is 0.529. The molecule has 0 aliphatic heterocycles.